The molecule has 5 rings (SSSR count). The third-order valence-electron chi connectivity index (χ3n) is 5.90. The summed E-state index contributed by atoms with van der Waals surface area (Å²) in [5.74, 6) is -0.290. The second kappa shape index (κ2) is 9.66. The van der Waals surface area contributed by atoms with Crippen molar-refractivity contribution in [1.29, 1.82) is 0 Å². The largest absolute Gasteiger partial charge is 0.399 e. The van der Waals surface area contributed by atoms with Gasteiger partial charge in [0.05, 0.1) is 11.8 Å². The molecule has 1 aliphatic rings. The van der Waals surface area contributed by atoms with Crippen LogP contribution in [-0.2, 0) is 11.2 Å². The van der Waals surface area contributed by atoms with Gasteiger partial charge in [0.15, 0.2) is 6.23 Å². The van der Waals surface area contributed by atoms with E-state index in [2.05, 4.69) is 39.9 Å². The lowest BCUT2D eigenvalue weighted by Gasteiger charge is -2.22. The molecule has 174 valence electrons. The Labute approximate surface area is 206 Å². The standard InChI is InChI=1S/C26H25BrFN5O/c1-17-16-32(15-14-18-2-10-22(29)11-3-18)26(34-17)25-24(19-4-8-21(28)9-5-19)30-33(31-25)23-12-6-20(27)7-13-23/h2-13,17,26H,14-16,29H2,1H3/t17-,26+/m1/s1. The van der Waals surface area contributed by atoms with Gasteiger partial charge in [0, 0.05) is 28.8 Å². The number of rotatable bonds is 6. The summed E-state index contributed by atoms with van der Waals surface area (Å²) in [7, 11) is 0. The molecule has 0 amide bonds. The summed E-state index contributed by atoms with van der Waals surface area (Å²) in [6, 6.07) is 22.1. The lowest BCUT2D eigenvalue weighted by atomic mass is 10.1. The Hall–Kier alpha value is -3.07. The first kappa shape index (κ1) is 22.7. The van der Waals surface area contributed by atoms with Crippen LogP contribution in [0.2, 0.25) is 0 Å². The monoisotopic (exact) mass is 521 g/mol. The lowest BCUT2D eigenvalue weighted by molar-refractivity contribution is 0.00200. The molecule has 0 bridgehead atoms. The predicted molar refractivity (Wildman–Crippen MR) is 134 cm³/mol. The van der Waals surface area contributed by atoms with Crippen LogP contribution in [0, 0.1) is 5.82 Å². The summed E-state index contributed by atoms with van der Waals surface area (Å²) in [6.07, 6.45) is 0.558. The molecule has 2 heterocycles. The van der Waals surface area contributed by atoms with Crippen molar-refractivity contribution >= 4 is 21.6 Å². The topological polar surface area (TPSA) is 69.2 Å². The highest BCUT2D eigenvalue weighted by Crippen LogP contribution is 2.35. The molecule has 1 aliphatic heterocycles. The maximum atomic E-state index is 13.6. The Balaban J connectivity index is 1.49. The van der Waals surface area contributed by atoms with Gasteiger partial charge in [0.25, 0.3) is 0 Å². The summed E-state index contributed by atoms with van der Waals surface area (Å²) in [6.45, 7) is 3.65. The molecule has 3 aromatic carbocycles. The van der Waals surface area contributed by atoms with E-state index in [-0.39, 0.29) is 18.1 Å². The first-order chi connectivity index (χ1) is 16.5. The molecule has 0 radical (unpaired) electrons. The first-order valence-electron chi connectivity index (χ1n) is 11.2. The number of benzene rings is 3. The van der Waals surface area contributed by atoms with Crippen molar-refractivity contribution in [3.05, 3.63) is 94.3 Å². The number of nitrogens with two attached hydrogens (primary N) is 1. The average molecular weight is 522 g/mol. The summed E-state index contributed by atoms with van der Waals surface area (Å²) in [4.78, 5) is 3.90. The molecule has 2 atom stereocenters. The molecular weight excluding hydrogens is 497 g/mol. The lowest BCUT2D eigenvalue weighted by Crippen LogP contribution is -2.27. The molecule has 0 saturated carbocycles. The Morgan fingerprint density at radius 1 is 1.00 bits per heavy atom. The minimum Gasteiger partial charge on any atom is -0.399 e. The fourth-order valence-electron chi connectivity index (χ4n) is 4.17. The highest BCUT2D eigenvalue weighted by molar-refractivity contribution is 9.10. The van der Waals surface area contributed by atoms with Crippen LogP contribution in [0.15, 0.2) is 77.3 Å². The number of halogens is 2. The number of ether oxygens (including phenoxy) is 1. The van der Waals surface area contributed by atoms with Crippen LogP contribution in [0.5, 0.6) is 0 Å². The Bertz CT molecular complexity index is 1260. The molecule has 1 aromatic heterocycles. The molecular formula is C26H25BrFN5O. The zero-order valence-corrected chi connectivity index (χ0v) is 20.3. The van der Waals surface area contributed by atoms with E-state index in [1.165, 1.54) is 17.7 Å². The van der Waals surface area contributed by atoms with Crippen molar-refractivity contribution in [2.45, 2.75) is 25.7 Å². The van der Waals surface area contributed by atoms with Crippen molar-refractivity contribution in [1.82, 2.24) is 19.9 Å². The van der Waals surface area contributed by atoms with Crippen LogP contribution in [0.3, 0.4) is 0 Å². The van der Waals surface area contributed by atoms with Crippen LogP contribution in [0.4, 0.5) is 10.1 Å². The highest BCUT2D eigenvalue weighted by Gasteiger charge is 2.36. The Morgan fingerprint density at radius 2 is 1.71 bits per heavy atom. The maximum Gasteiger partial charge on any atom is 0.158 e. The summed E-state index contributed by atoms with van der Waals surface area (Å²) in [5.41, 5.74) is 10.8. The van der Waals surface area contributed by atoms with Gasteiger partial charge in [0.1, 0.15) is 17.2 Å². The highest BCUT2D eigenvalue weighted by atomic mass is 79.9. The van der Waals surface area contributed by atoms with Gasteiger partial charge in [-0.25, -0.2) is 4.39 Å². The van der Waals surface area contributed by atoms with Crippen molar-refractivity contribution in [2.24, 2.45) is 0 Å². The van der Waals surface area contributed by atoms with Crippen molar-refractivity contribution < 1.29 is 9.13 Å². The maximum absolute atomic E-state index is 13.6. The number of nitrogen functional groups attached to an aromatic ring is 1. The number of anilines is 1. The van der Waals surface area contributed by atoms with Gasteiger partial charge in [-0.15, -0.1) is 10.2 Å². The zero-order chi connectivity index (χ0) is 23.7. The molecule has 0 spiro atoms. The van der Waals surface area contributed by atoms with Crippen LogP contribution < -0.4 is 5.73 Å². The smallest absolute Gasteiger partial charge is 0.158 e. The summed E-state index contributed by atoms with van der Waals surface area (Å²) in [5, 5.41) is 9.64. The van der Waals surface area contributed by atoms with Gasteiger partial charge in [0.2, 0.25) is 0 Å². The SMILES string of the molecule is C[C@@H]1CN(CCc2ccc(N)cc2)[C@H](c2nn(-c3ccc(Br)cc3)nc2-c2ccc(F)cc2)O1. The van der Waals surface area contributed by atoms with Gasteiger partial charge in [-0.2, -0.15) is 4.80 Å². The Kier molecular flexibility index (Phi) is 6.45. The Morgan fingerprint density at radius 3 is 2.41 bits per heavy atom. The van der Waals surface area contributed by atoms with E-state index in [1.807, 2.05) is 36.4 Å². The number of hydrogen-bond donors (Lipinski definition) is 1. The van der Waals surface area contributed by atoms with E-state index in [1.54, 1.807) is 16.9 Å². The van der Waals surface area contributed by atoms with E-state index >= 15 is 0 Å². The molecule has 4 aromatic rings. The third-order valence-corrected chi connectivity index (χ3v) is 6.43. The van der Waals surface area contributed by atoms with Crippen molar-refractivity contribution in [2.75, 3.05) is 18.8 Å². The average Bonchev–Trinajstić information content (AvgIpc) is 3.43. The van der Waals surface area contributed by atoms with E-state index < -0.39 is 0 Å². The number of aromatic nitrogens is 3. The minimum atomic E-state index is -0.354. The van der Waals surface area contributed by atoms with E-state index in [0.29, 0.717) is 5.69 Å². The van der Waals surface area contributed by atoms with Gasteiger partial charge in [-0.1, -0.05) is 28.1 Å². The van der Waals surface area contributed by atoms with Gasteiger partial charge in [-0.3, -0.25) is 4.90 Å². The molecule has 0 unspecified atom stereocenters. The van der Waals surface area contributed by atoms with E-state index in [4.69, 9.17) is 20.7 Å². The first-order valence-corrected chi connectivity index (χ1v) is 12.0. The van der Waals surface area contributed by atoms with Gasteiger partial charge >= 0.3 is 0 Å². The number of hydrogen-bond acceptors (Lipinski definition) is 5. The molecule has 1 fully saturated rings. The van der Waals surface area contributed by atoms with Crippen LogP contribution in [0.25, 0.3) is 16.9 Å². The number of nitrogens with zero attached hydrogens (tertiary/aromatic N) is 4. The normalized spacial score (nSPS) is 18.4. The van der Waals surface area contributed by atoms with Crippen molar-refractivity contribution in [3.63, 3.8) is 0 Å². The molecule has 0 aliphatic carbocycles. The quantitative estimate of drug-likeness (QED) is 0.345. The summed E-state index contributed by atoms with van der Waals surface area (Å²) >= 11 is 3.47. The molecule has 2 N–H and O–H groups in total. The second-order valence-electron chi connectivity index (χ2n) is 8.49. The fraction of sp³-hybridized carbons (Fsp3) is 0.231. The zero-order valence-electron chi connectivity index (χ0n) is 18.7. The van der Waals surface area contributed by atoms with E-state index in [9.17, 15) is 4.39 Å². The molecule has 6 nitrogen and oxygen atoms in total. The van der Waals surface area contributed by atoms with Crippen molar-refractivity contribution in [3.8, 4) is 16.9 Å². The minimum absolute atomic E-state index is 0.0512. The van der Waals surface area contributed by atoms with Crippen LogP contribution in [-0.4, -0.2) is 39.1 Å². The van der Waals surface area contributed by atoms with Gasteiger partial charge in [-0.05, 0) is 79.6 Å². The fourth-order valence-corrected chi connectivity index (χ4v) is 4.43. The van der Waals surface area contributed by atoms with Crippen LogP contribution >= 0.6 is 15.9 Å². The summed E-state index contributed by atoms with van der Waals surface area (Å²) < 4.78 is 20.9. The molecule has 34 heavy (non-hydrogen) atoms. The molecule has 8 heteroatoms. The third kappa shape index (κ3) is 4.89. The van der Waals surface area contributed by atoms with Crippen LogP contribution in [0.1, 0.15) is 24.4 Å². The predicted octanol–water partition coefficient (Wildman–Crippen LogP) is 5.38. The van der Waals surface area contributed by atoms with Gasteiger partial charge < -0.3 is 10.5 Å². The second-order valence-corrected chi connectivity index (χ2v) is 9.41. The van der Waals surface area contributed by atoms with E-state index in [0.717, 1.165) is 46.6 Å². The molecule has 1 saturated heterocycles.